The third-order valence-corrected chi connectivity index (χ3v) is 5.01. The van der Waals surface area contributed by atoms with Gasteiger partial charge < -0.3 is 11.1 Å². The third kappa shape index (κ3) is 3.38. The molecule has 2 atom stereocenters. The second-order valence-corrected chi connectivity index (χ2v) is 7.12. The Morgan fingerprint density at radius 2 is 2.05 bits per heavy atom. The summed E-state index contributed by atoms with van der Waals surface area (Å²) in [5.41, 5.74) is 6.30. The zero-order valence-electron chi connectivity index (χ0n) is 10.9. The summed E-state index contributed by atoms with van der Waals surface area (Å²) in [5.74, 6) is 0.416. The van der Waals surface area contributed by atoms with Crippen LogP contribution in [0.1, 0.15) is 32.6 Å². The van der Waals surface area contributed by atoms with Crippen molar-refractivity contribution in [2.24, 2.45) is 11.7 Å². The Bertz CT molecular complexity index is 472. The van der Waals surface area contributed by atoms with E-state index in [-0.39, 0.29) is 5.91 Å². The topological polar surface area (TPSA) is 55.1 Å². The lowest BCUT2D eigenvalue weighted by molar-refractivity contribution is -0.122. The highest BCUT2D eigenvalue weighted by molar-refractivity contribution is 9.11. The number of nitrogens with two attached hydrogens (primary N) is 1. The first-order chi connectivity index (χ1) is 8.92. The van der Waals surface area contributed by atoms with Gasteiger partial charge in [-0.3, -0.25) is 4.79 Å². The zero-order chi connectivity index (χ0) is 14.0. The molecule has 104 valence electrons. The molecule has 2 unspecified atom stereocenters. The lowest BCUT2D eigenvalue weighted by Gasteiger charge is -2.35. The van der Waals surface area contributed by atoms with E-state index in [9.17, 15) is 4.79 Å². The summed E-state index contributed by atoms with van der Waals surface area (Å²) in [7, 11) is 0. The SMILES string of the molecule is CC1CCCC(N)(C(=O)Nc2c(Br)cccc2Br)C1. The second kappa shape index (κ2) is 5.94. The lowest BCUT2D eigenvalue weighted by Crippen LogP contribution is -2.53. The number of hydrogen-bond acceptors (Lipinski definition) is 2. The maximum Gasteiger partial charge on any atom is 0.244 e. The number of amides is 1. The number of carbonyl (C=O) groups is 1. The van der Waals surface area contributed by atoms with Crippen LogP contribution >= 0.6 is 31.9 Å². The third-order valence-electron chi connectivity index (χ3n) is 3.69. The maximum absolute atomic E-state index is 12.5. The molecule has 0 saturated heterocycles. The predicted octanol–water partition coefficient (Wildman–Crippen LogP) is 4.06. The van der Waals surface area contributed by atoms with Crippen LogP contribution in [0.25, 0.3) is 0 Å². The normalized spacial score (nSPS) is 27.1. The van der Waals surface area contributed by atoms with Gasteiger partial charge in [0.1, 0.15) is 0 Å². The monoisotopic (exact) mass is 388 g/mol. The van der Waals surface area contributed by atoms with E-state index < -0.39 is 5.54 Å². The van der Waals surface area contributed by atoms with E-state index in [0.717, 1.165) is 40.3 Å². The van der Waals surface area contributed by atoms with E-state index in [0.29, 0.717) is 5.92 Å². The largest absolute Gasteiger partial charge is 0.323 e. The summed E-state index contributed by atoms with van der Waals surface area (Å²) in [4.78, 5) is 12.5. The smallest absolute Gasteiger partial charge is 0.244 e. The predicted molar refractivity (Wildman–Crippen MR) is 85.0 cm³/mol. The molecule has 1 fully saturated rings. The van der Waals surface area contributed by atoms with Crippen LogP contribution in [0.15, 0.2) is 27.1 Å². The molecule has 1 aromatic carbocycles. The van der Waals surface area contributed by atoms with Gasteiger partial charge in [-0.1, -0.05) is 25.8 Å². The quantitative estimate of drug-likeness (QED) is 0.801. The van der Waals surface area contributed by atoms with Crippen LogP contribution in [0.3, 0.4) is 0 Å². The van der Waals surface area contributed by atoms with Crippen LogP contribution in [-0.2, 0) is 4.79 Å². The van der Waals surface area contributed by atoms with Crippen molar-refractivity contribution in [1.29, 1.82) is 0 Å². The molecule has 1 aliphatic carbocycles. The van der Waals surface area contributed by atoms with Gasteiger partial charge in [-0.25, -0.2) is 0 Å². The summed E-state index contributed by atoms with van der Waals surface area (Å²) in [6.07, 6.45) is 3.68. The van der Waals surface area contributed by atoms with Crippen LogP contribution in [0.5, 0.6) is 0 Å². The molecule has 1 amide bonds. The molecule has 1 saturated carbocycles. The number of hydrogen-bond donors (Lipinski definition) is 2. The first-order valence-electron chi connectivity index (χ1n) is 6.47. The molecule has 5 heteroatoms. The highest BCUT2D eigenvalue weighted by Gasteiger charge is 2.38. The molecular weight excluding hydrogens is 372 g/mol. The number of para-hydroxylation sites is 1. The van der Waals surface area contributed by atoms with Crippen molar-refractivity contribution in [3.8, 4) is 0 Å². The number of rotatable bonds is 2. The average Bonchev–Trinajstić information content (AvgIpc) is 2.33. The van der Waals surface area contributed by atoms with Crippen molar-refractivity contribution in [3.05, 3.63) is 27.1 Å². The molecule has 1 aromatic rings. The summed E-state index contributed by atoms with van der Waals surface area (Å²) in [5, 5.41) is 2.95. The molecule has 2 rings (SSSR count). The highest BCUT2D eigenvalue weighted by atomic mass is 79.9. The minimum atomic E-state index is -0.744. The van der Waals surface area contributed by atoms with Crippen molar-refractivity contribution in [2.75, 3.05) is 5.32 Å². The van der Waals surface area contributed by atoms with Gasteiger partial charge in [-0.2, -0.15) is 0 Å². The highest BCUT2D eigenvalue weighted by Crippen LogP contribution is 2.34. The molecule has 0 bridgehead atoms. The van der Waals surface area contributed by atoms with Gasteiger partial charge in [-0.05, 0) is 62.8 Å². The number of halogens is 2. The molecule has 0 spiro atoms. The molecule has 0 aliphatic heterocycles. The Kier molecular flexibility index (Phi) is 4.69. The summed E-state index contributed by atoms with van der Waals surface area (Å²) in [6, 6.07) is 5.70. The van der Waals surface area contributed by atoms with Crippen molar-refractivity contribution in [2.45, 2.75) is 38.1 Å². The van der Waals surface area contributed by atoms with Gasteiger partial charge in [0.05, 0.1) is 11.2 Å². The Morgan fingerprint density at radius 3 is 2.63 bits per heavy atom. The molecule has 3 nitrogen and oxygen atoms in total. The Labute approximate surface area is 130 Å². The van der Waals surface area contributed by atoms with Crippen LogP contribution < -0.4 is 11.1 Å². The molecule has 19 heavy (non-hydrogen) atoms. The summed E-state index contributed by atoms with van der Waals surface area (Å²) < 4.78 is 1.70. The fraction of sp³-hybridized carbons (Fsp3) is 0.500. The van der Waals surface area contributed by atoms with E-state index in [2.05, 4.69) is 44.1 Å². The second-order valence-electron chi connectivity index (χ2n) is 5.41. The molecule has 3 N–H and O–H groups in total. The first kappa shape index (κ1) is 15.0. The first-order valence-corrected chi connectivity index (χ1v) is 8.05. The van der Waals surface area contributed by atoms with E-state index in [1.165, 1.54) is 0 Å². The van der Waals surface area contributed by atoms with Gasteiger partial charge >= 0.3 is 0 Å². The Hall–Kier alpha value is -0.390. The minimum Gasteiger partial charge on any atom is -0.323 e. The van der Waals surface area contributed by atoms with Crippen LogP contribution in [0, 0.1) is 5.92 Å². The average molecular weight is 390 g/mol. The van der Waals surface area contributed by atoms with Crippen molar-refractivity contribution >= 4 is 43.5 Å². The molecular formula is C14H18Br2N2O. The van der Waals surface area contributed by atoms with Crippen LogP contribution in [-0.4, -0.2) is 11.4 Å². The maximum atomic E-state index is 12.5. The molecule has 1 aliphatic rings. The Balaban J connectivity index is 2.17. The molecule has 0 radical (unpaired) electrons. The van der Waals surface area contributed by atoms with E-state index in [1.807, 2.05) is 18.2 Å². The van der Waals surface area contributed by atoms with Gasteiger partial charge in [0.15, 0.2) is 0 Å². The van der Waals surface area contributed by atoms with Gasteiger partial charge in [0, 0.05) is 8.95 Å². The summed E-state index contributed by atoms with van der Waals surface area (Å²) >= 11 is 6.89. The minimum absolute atomic E-state index is 0.0911. The van der Waals surface area contributed by atoms with Crippen LogP contribution in [0.4, 0.5) is 5.69 Å². The number of benzene rings is 1. The standard InChI is InChI=1S/C14H18Br2N2O/c1-9-4-3-7-14(17,8-9)13(19)18-12-10(15)5-2-6-11(12)16/h2,5-6,9H,3-4,7-8,17H2,1H3,(H,18,19). The fourth-order valence-corrected chi connectivity index (χ4v) is 3.85. The van der Waals surface area contributed by atoms with Crippen LogP contribution in [0.2, 0.25) is 0 Å². The fourth-order valence-electron chi connectivity index (χ4n) is 2.65. The summed E-state index contributed by atoms with van der Waals surface area (Å²) in [6.45, 7) is 2.16. The lowest BCUT2D eigenvalue weighted by atomic mass is 9.76. The number of carbonyl (C=O) groups excluding carboxylic acids is 1. The van der Waals surface area contributed by atoms with Crippen molar-refractivity contribution < 1.29 is 4.79 Å². The van der Waals surface area contributed by atoms with Gasteiger partial charge in [-0.15, -0.1) is 0 Å². The number of nitrogens with one attached hydrogen (secondary N) is 1. The van der Waals surface area contributed by atoms with E-state index in [1.54, 1.807) is 0 Å². The van der Waals surface area contributed by atoms with Gasteiger partial charge in [0.2, 0.25) is 5.91 Å². The molecule has 0 aromatic heterocycles. The van der Waals surface area contributed by atoms with E-state index >= 15 is 0 Å². The van der Waals surface area contributed by atoms with Crippen molar-refractivity contribution in [1.82, 2.24) is 0 Å². The Morgan fingerprint density at radius 1 is 1.42 bits per heavy atom. The van der Waals surface area contributed by atoms with Gasteiger partial charge in [0.25, 0.3) is 0 Å². The number of anilines is 1. The van der Waals surface area contributed by atoms with Crippen molar-refractivity contribution in [3.63, 3.8) is 0 Å². The molecule has 0 heterocycles. The van der Waals surface area contributed by atoms with E-state index in [4.69, 9.17) is 5.73 Å². The zero-order valence-corrected chi connectivity index (χ0v) is 14.1.